The molecule has 5 rings (SSSR count). The minimum Gasteiger partial charge on any atom is -0.374 e. The van der Waals surface area contributed by atoms with Crippen molar-refractivity contribution in [2.75, 3.05) is 11.9 Å². The summed E-state index contributed by atoms with van der Waals surface area (Å²) in [4.78, 5) is 0. The minimum absolute atomic E-state index is 0.249. The van der Waals surface area contributed by atoms with Gasteiger partial charge >= 0.3 is 0 Å². The molecule has 0 spiro atoms. The molecule has 214 valence electrons. The standard InChI is InChI=1S/C35H37BrO5/c36-21-31-33(38-23-28-15-7-2-8-16-28)35(40-25-30-19-11-4-12-20-30)34(39-24-29-17-9-3-10-18-29)32(41-31)26-37-22-27-13-5-1-6-14-27/h1-20,31-35H,21-26H2/t31-,32-,33-,34-,35-/m1/s1. The summed E-state index contributed by atoms with van der Waals surface area (Å²) in [6.45, 7) is 2.18. The van der Waals surface area contributed by atoms with Crippen molar-refractivity contribution in [3.8, 4) is 0 Å². The van der Waals surface area contributed by atoms with Crippen LogP contribution in [0.2, 0.25) is 0 Å². The lowest BCUT2D eigenvalue weighted by atomic mass is 9.94. The zero-order valence-electron chi connectivity index (χ0n) is 23.1. The highest BCUT2D eigenvalue weighted by molar-refractivity contribution is 9.09. The molecule has 1 aliphatic rings. The Hall–Kier alpha value is -2.84. The monoisotopic (exact) mass is 616 g/mol. The van der Waals surface area contributed by atoms with Crippen LogP contribution in [0.25, 0.3) is 0 Å². The molecule has 0 aliphatic carbocycles. The van der Waals surface area contributed by atoms with E-state index in [1.54, 1.807) is 0 Å². The Morgan fingerprint density at radius 3 is 1.24 bits per heavy atom. The third-order valence-corrected chi connectivity index (χ3v) is 7.77. The van der Waals surface area contributed by atoms with Gasteiger partial charge in [0, 0.05) is 5.33 Å². The second kappa shape index (κ2) is 16.0. The van der Waals surface area contributed by atoms with Crippen molar-refractivity contribution >= 4 is 15.9 Å². The van der Waals surface area contributed by atoms with Crippen molar-refractivity contribution < 1.29 is 23.7 Å². The zero-order chi connectivity index (χ0) is 28.1. The molecular weight excluding hydrogens is 580 g/mol. The number of halogens is 1. The lowest BCUT2D eigenvalue weighted by Gasteiger charge is -2.46. The van der Waals surface area contributed by atoms with Crippen LogP contribution < -0.4 is 0 Å². The summed E-state index contributed by atoms with van der Waals surface area (Å²) < 4.78 is 32.8. The average Bonchev–Trinajstić information content (AvgIpc) is 3.04. The van der Waals surface area contributed by atoms with Gasteiger partial charge in [-0.3, -0.25) is 0 Å². The molecule has 5 atom stereocenters. The summed E-state index contributed by atoms with van der Waals surface area (Å²) in [5.41, 5.74) is 4.39. The van der Waals surface area contributed by atoms with Crippen LogP contribution in [0.1, 0.15) is 22.3 Å². The molecule has 1 aliphatic heterocycles. The van der Waals surface area contributed by atoms with Gasteiger partial charge in [-0.15, -0.1) is 0 Å². The molecule has 41 heavy (non-hydrogen) atoms. The lowest BCUT2D eigenvalue weighted by molar-refractivity contribution is -0.267. The molecule has 1 fully saturated rings. The Morgan fingerprint density at radius 2 is 0.829 bits per heavy atom. The number of hydrogen-bond acceptors (Lipinski definition) is 5. The second-order valence-electron chi connectivity index (χ2n) is 10.2. The first-order valence-corrected chi connectivity index (χ1v) is 15.2. The van der Waals surface area contributed by atoms with Gasteiger partial charge in [0.25, 0.3) is 0 Å². The lowest BCUT2D eigenvalue weighted by Crippen LogP contribution is -2.61. The maximum absolute atomic E-state index is 6.69. The Kier molecular flexibility index (Phi) is 11.5. The maximum Gasteiger partial charge on any atom is 0.115 e. The molecule has 6 heteroatoms. The summed E-state index contributed by atoms with van der Waals surface area (Å²) in [7, 11) is 0. The topological polar surface area (TPSA) is 46.2 Å². The number of benzene rings is 4. The van der Waals surface area contributed by atoms with Crippen LogP contribution >= 0.6 is 15.9 Å². The Labute approximate surface area is 251 Å². The molecule has 4 aromatic carbocycles. The van der Waals surface area contributed by atoms with Crippen molar-refractivity contribution in [1.82, 2.24) is 0 Å². The first-order valence-electron chi connectivity index (χ1n) is 14.1. The molecular formula is C35H37BrO5. The van der Waals surface area contributed by atoms with Crippen LogP contribution in [0.15, 0.2) is 121 Å². The number of alkyl halides is 1. The predicted octanol–water partition coefficient (Wildman–Crippen LogP) is 7.12. The smallest absolute Gasteiger partial charge is 0.115 e. The van der Waals surface area contributed by atoms with E-state index in [-0.39, 0.29) is 24.4 Å². The number of rotatable bonds is 14. The van der Waals surface area contributed by atoms with E-state index in [1.165, 1.54) is 0 Å². The summed E-state index contributed by atoms with van der Waals surface area (Å²) in [5, 5.41) is 0.595. The molecule has 0 saturated carbocycles. The molecule has 0 aromatic heterocycles. The van der Waals surface area contributed by atoms with Crippen molar-refractivity contribution in [3.05, 3.63) is 144 Å². The van der Waals surface area contributed by atoms with E-state index in [4.69, 9.17) is 23.7 Å². The minimum atomic E-state index is -0.411. The van der Waals surface area contributed by atoms with Crippen molar-refractivity contribution in [3.63, 3.8) is 0 Å². The van der Waals surface area contributed by atoms with Crippen LogP contribution in [0.4, 0.5) is 0 Å². The van der Waals surface area contributed by atoms with Gasteiger partial charge in [-0.25, -0.2) is 0 Å². The van der Waals surface area contributed by atoms with Gasteiger partial charge in [0.2, 0.25) is 0 Å². The molecule has 1 saturated heterocycles. The van der Waals surface area contributed by atoms with Crippen LogP contribution in [-0.2, 0) is 50.1 Å². The van der Waals surface area contributed by atoms with Crippen LogP contribution in [-0.4, -0.2) is 42.5 Å². The normalized spacial score (nSPS) is 22.4. The van der Waals surface area contributed by atoms with Crippen molar-refractivity contribution in [1.29, 1.82) is 0 Å². The fraction of sp³-hybridized carbons (Fsp3) is 0.314. The van der Waals surface area contributed by atoms with Gasteiger partial charge in [-0.1, -0.05) is 137 Å². The van der Waals surface area contributed by atoms with E-state index in [1.807, 2.05) is 72.8 Å². The van der Waals surface area contributed by atoms with Gasteiger partial charge < -0.3 is 23.7 Å². The summed E-state index contributed by atoms with van der Waals surface area (Å²) >= 11 is 3.69. The predicted molar refractivity (Wildman–Crippen MR) is 164 cm³/mol. The van der Waals surface area contributed by atoms with E-state index in [2.05, 4.69) is 64.5 Å². The quantitative estimate of drug-likeness (QED) is 0.141. The molecule has 4 aromatic rings. The average molecular weight is 618 g/mol. The zero-order valence-corrected chi connectivity index (χ0v) is 24.7. The molecule has 0 N–H and O–H groups in total. The largest absolute Gasteiger partial charge is 0.374 e. The highest BCUT2D eigenvalue weighted by Gasteiger charge is 2.48. The summed E-state index contributed by atoms with van der Waals surface area (Å²) in [6.07, 6.45) is -1.75. The third-order valence-electron chi connectivity index (χ3n) is 7.13. The molecule has 5 nitrogen and oxygen atoms in total. The Morgan fingerprint density at radius 1 is 0.463 bits per heavy atom. The highest BCUT2D eigenvalue weighted by Crippen LogP contribution is 2.31. The number of ether oxygens (including phenoxy) is 5. The third kappa shape index (κ3) is 8.82. The molecule has 0 unspecified atom stereocenters. The van der Waals surface area contributed by atoms with E-state index in [0.717, 1.165) is 22.3 Å². The molecule has 0 bridgehead atoms. The van der Waals surface area contributed by atoms with Gasteiger partial charge in [0.15, 0.2) is 0 Å². The van der Waals surface area contributed by atoms with Crippen LogP contribution in [0, 0.1) is 0 Å². The molecule has 0 amide bonds. The molecule has 0 radical (unpaired) electrons. The first-order chi connectivity index (χ1) is 20.3. The highest BCUT2D eigenvalue weighted by atomic mass is 79.9. The summed E-state index contributed by atoms with van der Waals surface area (Å²) in [6, 6.07) is 40.7. The van der Waals surface area contributed by atoms with Gasteiger partial charge in [-0.2, -0.15) is 0 Å². The first kappa shape index (κ1) is 29.6. The second-order valence-corrected chi connectivity index (χ2v) is 10.8. The molecule has 1 heterocycles. The van der Waals surface area contributed by atoms with E-state index in [0.29, 0.717) is 38.4 Å². The fourth-order valence-corrected chi connectivity index (χ4v) is 5.53. The summed E-state index contributed by atoms with van der Waals surface area (Å²) in [5.74, 6) is 0. The van der Waals surface area contributed by atoms with Crippen LogP contribution in [0.3, 0.4) is 0 Å². The van der Waals surface area contributed by atoms with Crippen molar-refractivity contribution in [2.24, 2.45) is 0 Å². The van der Waals surface area contributed by atoms with Gasteiger partial charge in [0.05, 0.1) is 39.1 Å². The fourth-order valence-electron chi connectivity index (χ4n) is 5.01. The van der Waals surface area contributed by atoms with E-state index < -0.39 is 6.10 Å². The van der Waals surface area contributed by atoms with Gasteiger partial charge in [-0.05, 0) is 22.3 Å². The van der Waals surface area contributed by atoms with Gasteiger partial charge in [0.1, 0.15) is 24.4 Å². The Bertz CT molecular complexity index is 1260. The van der Waals surface area contributed by atoms with E-state index >= 15 is 0 Å². The van der Waals surface area contributed by atoms with E-state index in [9.17, 15) is 0 Å². The number of hydrogen-bond donors (Lipinski definition) is 0. The SMILES string of the molecule is BrC[C@H]1O[C@H](COCc2ccccc2)[C@@H](OCc2ccccc2)[C@H](OCc2ccccc2)[C@@H]1OCc1ccccc1. The Balaban J connectivity index is 1.38. The maximum atomic E-state index is 6.69. The van der Waals surface area contributed by atoms with Crippen LogP contribution in [0.5, 0.6) is 0 Å². The van der Waals surface area contributed by atoms with Crippen molar-refractivity contribution in [2.45, 2.75) is 56.9 Å².